The molecule has 1 N–H and O–H groups in total. The molecular weight excluding hydrogens is 487 g/mol. The van der Waals surface area contributed by atoms with Crippen molar-refractivity contribution in [2.45, 2.75) is 17.2 Å². The molecule has 1 fully saturated rings. The van der Waals surface area contributed by atoms with Crippen molar-refractivity contribution >= 4 is 37.6 Å². The molecule has 3 aromatic rings. The fourth-order valence-corrected chi connectivity index (χ4v) is 4.89. The first-order chi connectivity index (χ1) is 16.1. The molecule has 1 aliphatic heterocycles. The van der Waals surface area contributed by atoms with Crippen LogP contribution in [-0.2, 0) is 9.53 Å². The van der Waals surface area contributed by atoms with Gasteiger partial charge in [-0.3, -0.25) is 0 Å². The van der Waals surface area contributed by atoms with Crippen LogP contribution in [0.5, 0.6) is 5.88 Å². The van der Waals surface area contributed by atoms with Crippen molar-refractivity contribution in [3.05, 3.63) is 42.4 Å². The molecule has 0 radical (unpaired) electrons. The molecule has 3 heterocycles. The summed E-state index contributed by atoms with van der Waals surface area (Å²) in [7, 11) is 1.49. The summed E-state index contributed by atoms with van der Waals surface area (Å²) in [5.74, 6) is 3.09. The number of carbonyl (C=O) groups is 1. The first-order valence-electron chi connectivity index (χ1n) is 10.5. The zero-order valence-corrected chi connectivity index (χ0v) is 20.2. The number of hydrogen-bond acceptors (Lipinski definition) is 8. The van der Waals surface area contributed by atoms with Gasteiger partial charge in [-0.2, -0.15) is 0 Å². The number of amides is 1. The van der Waals surface area contributed by atoms with E-state index in [0.717, 1.165) is 27.3 Å². The molecule has 170 valence electrons. The molecule has 1 aliphatic rings. The van der Waals surface area contributed by atoms with E-state index >= 15 is 0 Å². The normalized spacial score (nSPS) is 14.5. The molecule has 0 bridgehead atoms. The van der Waals surface area contributed by atoms with Crippen LogP contribution in [0.2, 0.25) is 11.1 Å². The van der Waals surface area contributed by atoms with Gasteiger partial charge < -0.3 is 0 Å². The Morgan fingerprint density at radius 3 is 2.82 bits per heavy atom. The Bertz CT molecular complexity index is 1190. The average Bonchev–Trinajstić information content (AvgIpc) is 2.88. The van der Waals surface area contributed by atoms with Crippen molar-refractivity contribution in [3.8, 4) is 23.1 Å². The average molecular weight is 511 g/mol. The molecule has 0 aliphatic carbocycles. The van der Waals surface area contributed by atoms with E-state index < -0.39 is 0 Å². The quantitative estimate of drug-likeness (QED) is 0.481. The van der Waals surface area contributed by atoms with Crippen molar-refractivity contribution in [1.82, 2.24) is 19.9 Å². The molecular formula is C23H24N6O3Se. The van der Waals surface area contributed by atoms with Crippen molar-refractivity contribution < 1.29 is 14.3 Å². The molecule has 0 unspecified atom stereocenters. The number of carbonyl (C=O) groups excluding carboxylic acids is 1. The molecule has 1 aromatic carbocycles. The minimum atomic E-state index is -0.359. The summed E-state index contributed by atoms with van der Waals surface area (Å²) in [6.07, 6.45) is 3.17. The first kappa shape index (κ1) is 22.9. The zero-order chi connectivity index (χ0) is 23.2. The summed E-state index contributed by atoms with van der Waals surface area (Å²) in [5, 5.41) is 14.3. The van der Waals surface area contributed by atoms with E-state index in [0.29, 0.717) is 58.5 Å². The summed E-state index contributed by atoms with van der Waals surface area (Å²) in [6.45, 7) is 2.34. The molecule has 1 saturated heterocycles. The van der Waals surface area contributed by atoms with Crippen LogP contribution in [0.15, 0.2) is 36.8 Å². The standard InChI is InChI=1S/C23H24N6O3Se/c1-31-22-16(11-24)9-17(12-25-22)15-3-4-19-18(10-15)21(27-14-26-19)28-20(13-33-2)23(30)29-5-7-32-8-6-29/h3-4,9-10,12,14,20H,5-8,13H2,1-2H3,(H,26,27,28)/t20-/m0/s1. The Morgan fingerprint density at radius 1 is 1.27 bits per heavy atom. The van der Waals surface area contributed by atoms with Gasteiger partial charge in [-0.15, -0.1) is 0 Å². The van der Waals surface area contributed by atoms with Gasteiger partial charge in [-0.25, -0.2) is 0 Å². The number of hydrogen-bond donors (Lipinski definition) is 1. The predicted octanol–water partition coefficient (Wildman–Crippen LogP) is 2.38. The maximum atomic E-state index is 13.2. The number of benzene rings is 1. The Kier molecular flexibility index (Phi) is 7.35. The first-order valence-corrected chi connectivity index (χ1v) is 13.4. The summed E-state index contributed by atoms with van der Waals surface area (Å²) < 4.78 is 10.5. The number of nitrogens with one attached hydrogen (secondary N) is 1. The number of methoxy groups -OCH3 is 1. The molecule has 2 aromatic heterocycles. The van der Waals surface area contributed by atoms with Crippen LogP contribution >= 0.6 is 0 Å². The fourth-order valence-electron chi connectivity index (χ4n) is 3.71. The second-order valence-corrected chi connectivity index (χ2v) is 9.35. The van der Waals surface area contributed by atoms with Crippen LogP contribution in [0.3, 0.4) is 0 Å². The monoisotopic (exact) mass is 512 g/mol. The zero-order valence-electron chi connectivity index (χ0n) is 18.4. The van der Waals surface area contributed by atoms with Crippen molar-refractivity contribution in [2.75, 3.05) is 38.7 Å². The molecule has 33 heavy (non-hydrogen) atoms. The number of ether oxygens (including phenoxy) is 2. The summed E-state index contributed by atoms with van der Waals surface area (Å²) in [4.78, 5) is 28.1. The SMILES string of the molecule is COc1ncc(-c2ccc3ncnc(N[C@@H](C[Se]C)C(=O)N4CCOCC4)c3c2)cc1C#N. The van der Waals surface area contributed by atoms with Gasteiger partial charge in [0, 0.05) is 0 Å². The van der Waals surface area contributed by atoms with E-state index in [-0.39, 0.29) is 11.9 Å². The van der Waals surface area contributed by atoms with Gasteiger partial charge in [0.2, 0.25) is 0 Å². The van der Waals surface area contributed by atoms with E-state index in [9.17, 15) is 10.1 Å². The number of rotatable bonds is 7. The Morgan fingerprint density at radius 2 is 2.09 bits per heavy atom. The molecule has 4 rings (SSSR count). The predicted molar refractivity (Wildman–Crippen MR) is 125 cm³/mol. The summed E-state index contributed by atoms with van der Waals surface area (Å²) in [6, 6.07) is 9.28. The van der Waals surface area contributed by atoms with Gasteiger partial charge in [-0.05, 0) is 0 Å². The van der Waals surface area contributed by atoms with Crippen LogP contribution in [0.1, 0.15) is 5.56 Å². The fraction of sp³-hybridized carbons (Fsp3) is 0.348. The van der Waals surface area contributed by atoms with Gasteiger partial charge in [0.15, 0.2) is 0 Å². The number of anilines is 1. The van der Waals surface area contributed by atoms with Crippen LogP contribution in [0, 0.1) is 11.3 Å². The number of fused-ring (bicyclic) bond motifs is 1. The van der Waals surface area contributed by atoms with E-state index in [1.165, 1.54) is 13.4 Å². The van der Waals surface area contributed by atoms with Crippen LogP contribution < -0.4 is 10.1 Å². The summed E-state index contributed by atoms with van der Waals surface area (Å²) in [5.41, 5.74) is 2.77. The third-order valence-electron chi connectivity index (χ3n) is 5.40. The number of morpholine rings is 1. The van der Waals surface area contributed by atoms with Crippen LogP contribution in [0.25, 0.3) is 22.0 Å². The van der Waals surface area contributed by atoms with Gasteiger partial charge in [-0.1, -0.05) is 0 Å². The number of nitriles is 1. The van der Waals surface area contributed by atoms with E-state index in [4.69, 9.17) is 9.47 Å². The molecule has 1 amide bonds. The van der Waals surface area contributed by atoms with Crippen molar-refractivity contribution in [2.24, 2.45) is 0 Å². The van der Waals surface area contributed by atoms with Gasteiger partial charge in [0.25, 0.3) is 0 Å². The minimum absolute atomic E-state index is 0.0722. The molecule has 0 saturated carbocycles. The number of pyridine rings is 1. The molecule has 10 heteroatoms. The Hall–Kier alpha value is -3.25. The second-order valence-electron chi connectivity index (χ2n) is 7.44. The van der Waals surface area contributed by atoms with Crippen molar-refractivity contribution in [3.63, 3.8) is 0 Å². The third-order valence-corrected chi connectivity index (χ3v) is 6.80. The van der Waals surface area contributed by atoms with Crippen molar-refractivity contribution in [1.29, 1.82) is 5.26 Å². The molecule has 1 atom stereocenters. The van der Waals surface area contributed by atoms with E-state index in [2.05, 4.69) is 32.2 Å². The maximum absolute atomic E-state index is 13.2. The Labute approximate surface area is 198 Å². The topological polar surface area (TPSA) is 113 Å². The second kappa shape index (κ2) is 10.6. The number of nitrogens with zero attached hydrogens (tertiary/aromatic N) is 5. The van der Waals surface area contributed by atoms with Gasteiger partial charge in [0.1, 0.15) is 0 Å². The summed E-state index contributed by atoms with van der Waals surface area (Å²) >= 11 is 0.302. The van der Waals surface area contributed by atoms with E-state index in [1.54, 1.807) is 12.3 Å². The van der Waals surface area contributed by atoms with Crippen LogP contribution in [0.4, 0.5) is 5.82 Å². The molecule has 0 spiro atoms. The van der Waals surface area contributed by atoms with Gasteiger partial charge >= 0.3 is 191 Å². The van der Waals surface area contributed by atoms with E-state index in [1.807, 2.05) is 23.1 Å². The van der Waals surface area contributed by atoms with Gasteiger partial charge in [0.05, 0.1) is 7.11 Å². The Balaban J connectivity index is 1.68. The molecule has 9 nitrogen and oxygen atoms in total. The third kappa shape index (κ3) is 5.06. The van der Waals surface area contributed by atoms with Crippen LogP contribution in [-0.4, -0.2) is 80.2 Å². The number of aromatic nitrogens is 3.